The number of allylic oxidation sites excluding steroid dienone is 3. The van der Waals surface area contributed by atoms with Crippen LogP contribution in [0.3, 0.4) is 0 Å². The molecule has 1 aliphatic rings. The molecular weight excluding hydrogens is 224 g/mol. The van der Waals surface area contributed by atoms with Crippen LogP contribution in [0.2, 0.25) is 0 Å². The summed E-state index contributed by atoms with van der Waals surface area (Å²) in [5, 5.41) is 0. The van der Waals surface area contributed by atoms with E-state index in [0.29, 0.717) is 12.2 Å². The van der Waals surface area contributed by atoms with Gasteiger partial charge in [-0.1, -0.05) is 41.5 Å². The van der Waals surface area contributed by atoms with Gasteiger partial charge in [0.05, 0.1) is 5.41 Å². The second-order valence-electron chi connectivity index (χ2n) is 5.11. The highest BCUT2D eigenvalue weighted by molar-refractivity contribution is 5.81. The highest BCUT2D eigenvalue weighted by Crippen LogP contribution is 2.31. The number of ether oxygens (including phenoxy) is 1. The van der Waals surface area contributed by atoms with E-state index in [1.54, 1.807) is 0 Å². The molecule has 1 aromatic carbocycles. The smallest absolute Gasteiger partial charge is 0.321 e. The first-order valence-electron chi connectivity index (χ1n) is 6.14. The predicted molar refractivity (Wildman–Crippen MR) is 72.4 cm³/mol. The number of hydrogen-bond donors (Lipinski definition) is 0. The third-order valence-corrected chi connectivity index (χ3v) is 3.26. The fraction of sp³-hybridized carbons (Fsp3) is 0.312. The Morgan fingerprint density at radius 1 is 1.22 bits per heavy atom. The molecule has 0 heterocycles. The summed E-state index contributed by atoms with van der Waals surface area (Å²) in [6, 6.07) is 7.52. The normalized spacial score (nSPS) is 22.5. The highest BCUT2D eigenvalue weighted by atomic mass is 16.5. The number of carbonyl (C=O) groups excluding carboxylic acids is 1. The van der Waals surface area contributed by atoms with Gasteiger partial charge in [-0.15, -0.1) is 0 Å². The molecule has 1 aromatic rings. The minimum atomic E-state index is -0.551. The van der Waals surface area contributed by atoms with E-state index in [9.17, 15) is 4.79 Å². The lowest BCUT2D eigenvalue weighted by Crippen LogP contribution is -2.30. The van der Waals surface area contributed by atoms with Gasteiger partial charge in [0.1, 0.15) is 5.75 Å². The average molecular weight is 242 g/mol. The maximum Gasteiger partial charge on any atom is 0.321 e. The van der Waals surface area contributed by atoms with Crippen LogP contribution in [-0.4, -0.2) is 5.97 Å². The summed E-state index contributed by atoms with van der Waals surface area (Å²) in [4.78, 5) is 12.2. The van der Waals surface area contributed by atoms with E-state index in [1.165, 1.54) is 5.57 Å². The first-order chi connectivity index (χ1) is 8.49. The van der Waals surface area contributed by atoms with Gasteiger partial charge in [-0.25, -0.2) is 0 Å². The van der Waals surface area contributed by atoms with E-state index in [2.05, 4.69) is 6.08 Å². The first kappa shape index (κ1) is 12.6. The van der Waals surface area contributed by atoms with Crippen LogP contribution in [0.25, 0.3) is 0 Å². The number of benzene rings is 1. The highest BCUT2D eigenvalue weighted by Gasteiger charge is 2.32. The van der Waals surface area contributed by atoms with Crippen molar-refractivity contribution in [2.75, 3.05) is 0 Å². The van der Waals surface area contributed by atoms with Crippen molar-refractivity contribution in [3.63, 3.8) is 0 Å². The lowest BCUT2D eigenvalue weighted by Gasteiger charge is -2.25. The summed E-state index contributed by atoms with van der Waals surface area (Å²) >= 11 is 0. The van der Waals surface area contributed by atoms with Crippen LogP contribution in [0.15, 0.2) is 48.1 Å². The van der Waals surface area contributed by atoms with Crippen LogP contribution in [0.1, 0.15) is 25.8 Å². The Bertz CT molecular complexity index is 508. The Balaban J connectivity index is 2.09. The summed E-state index contributed by atoms with van der Waals surface area (Å²) in [7, 11) is 0. The molecule has 0 saturated carbocycles. The summed E-state index contributed by atoms with van der Waals surface area (Å²) in [5.74, 6) is 0.401. The minimum Gasteiger partial charge on any atom is -0.426 e. The molecule has 2 nitrogen and oxygen atoms in total. The van der Waals surface area contributed by atoms with Crippen LogP contribution >= 0.6 is 0 Å². The maximum atomic E-state index is 12.2. The standard InChI is InChI=1S/C16H18O2/c1-12-4-6-14(7-5-12)18-15(17)16(3)10-8-13(2)9-11-16/h4-10H,11H2,1-3H3. The van der Waals surface area contributed by atoms with Crippen molar-refractivity contribution in [3.8, 4) is 5.75 Å². The van der Waals surface area contributed by atoms with Gasteiger partial charge in [-0.05, 0) is 39.3 Å². The zero-order chi connectivity index (χ0) is 13.2. The second-order valence-corrected chi connectivity index (χ2v) is 5.11. The quantitative estimate of drug-likeness (QED) is 0.582. The second kappa shape index (κ2) is 4.81. The van der Waals surface area contributed by atoms with Gasteiger partial charge in [0.25, 0.3) is 0 Å². The number of rotatable bonds is 2. The summed E-state index contributed by atoms with van der Waals surface area (Å²) in [6.45, 7) is 5.94. The molecule has 0 amide bonds. The van der Waals surface area contributed by atoms with Crippen molar-refractivity contribution in [1.29, 1.82) is 0 Å². The number of hydrogen-bond acceptors (Lipinski definition) is 2. The van der Waals surface area contributed by atoms with Gasteiger partial charge in [0, 0.05) is 0 Å². The summed E-state index contributed by atoms with van der Waals surface area (Å²) < 4.78 is 5.43. The topological polar surface area (TPSA) is 26.3 Å². The molecular formula is C16H18O2. The Hall–Kier alpha value is -1.83. The van der Waals surface area contributed by atoms with E-state index >= 15 is 0 Å². The first-order valence-corrected chi connectivity index (χ1v) is 6.14. The van der Waals surface area contributed by atoms with Gasteiger partial charge in [-0.2, -0.15) is 0 Å². The van der Waals surface area contributed by atoms with Gasteiger partial charge in [0.2, 0.25) is 0 Å². The fourth-order valence-corrected chi connectivity index (χ4v) is 1.81. The van der Waals surface area contributed by atoms with Crippen molar-refractivity contribution >= 4 is 5.97 Å². The molecule has 0 N–H and O–H groups in total. The Kier molecular flexibility index (Phi) is 3.37. The average Bonchev–Trinajstić information content (AvgIpc) is 2.36. The van der Waals surface area contributed by atoms with Gasteiger partial charge in [0.15, 0.2) is 0 Å². The van der Waals surface area contributed by atoms with Crippen molar-refractivity contribution in [1.82, 2.24) is 0 Å². The summed E-state index contributed by atoms with van der Waals surface area (Å²) in [6.07, 6.45) is 6.66. The molecule has 0 spiro atoms. The van der Waals surface area contributed by atoms with Crippen LogP contribution in [-0.2, 0) is 4.79 Å². The molecule has 1 aliphatic carbocycles. The maximum absolute atomic E-state index is 12.2. The van der Waals surface area contributed by atoms with Crippen LogP contribution < -0.4 is 4.74 Å². The predicted octanol–water partition coefficient (Wildman–Crippen LogP) is 3.81. The van der Waals surface area contributed by atoms with Gasteiger partial charge in [-0.3, -0.25) is 4.79 Å². The monoisotopic (exact) mass is 242 g/mol. The van der Waals surface area contributed by atoms with E-state index in [-0.39, 0.29) is 5.97 Å². The molecule has 18 heavy (non-hydrogen) atoms. The molecule has 0 saturated heterocycles. The molecule has 2 heteroatoms. The van der Waals surface area contributed by atoms with Crippen LogP contribution in [0.4, 0.5) is 0 Å². The summed E-state index contributed by atoms with van der Waals surface area (Å²) in [5.41, 5.74) is 1.79. The molecule has 94 valence electrons. The molecule has 0 aromatic heterocycles. The Morgan fingerprint density at radius 3 is 2.44 bits per heavy atom. The minimum absolute atomic E-state index is 0.202. The molecule has 0 fully saturated rings. The van der Waals surface area contributed by atoms with Crippen molar-refractivity contribution in [2.45, 2.75) is 27.2 Å². The lowest BCUT2D eigenvalue weighted by atomic mass is 9.82. The van der Waals surface area contributed by atoms with Crippen LogP contribution in [0.5, 0.6) is 5.75 Å². The number of esters is 1. The van der Waals surface area contributed by atoms with E-state index in [0.717, 1.165) is 5.56 Å². The molecule has 1 atom stereocenters. The largest absolute Gasteiger partial charge is 0.426 e. The van der Waals surface area contributed by atoms with E-state index in [1.807, 2.05) is 57.2 Å². The third kappa shape index (κ3) is 2.70. The van der Waals surface area contributed by atoms with Crippen LogP contribution in [0, 0.1) is 12.3 Å². The van der Waals surface area contributed by atoms with E-state index in [4.69, 9.17) is 4.74 Å². The molecule has 0 bridgehead atoms. The van der Waals surface area contributed by atoms with E-state index < -0.39 is 5.41 Å². The Morgan fingerprint density at radius 2 is 1.89 bits per heavy atom. The Labute approximate surface area is 108 Å². The molecule has 0 aliphatic heterocycles. The van der Waals surface area contributed by atoms with Gasteiger partial charge >= 0.3 is 5.97 Å². The molecule has 2 rings (SSSR count). The fourth-order valence-electron chi connectivity index (χ4n) is 1.81. The SMILES string of the molecule is CC1=CCC(C)(C(=O)Oc2ccc(C)cc2)C=C1. The number of aryl methyl sites for hydroxylation is 1. The zero-order valence-electron chi connectivity index (χ0n) is 11.1. The third-order valence-electron chi connectivity index (χ3n) is 3.26. The van der Waals surface area contributed by atoms with Crippen molar-refractivity contribution in [2.24, 2.45) is 5.41 Å². The number of carbonyl (C=O) groups is 1. The molecule has 1 unspecified atom stereocenters. The van der Waals surface area contributed by atoms with Crippen molar-refractivity contribution < 1.29 is 9.53 Å². The lowest BCUT2D eigenvalue weighted by molar-refractivity contribution is -0.142. The molecule has 0 radical (unpaired) electrons. The zero-order valence-corrected chi connectivity index (χ0v) is 11.1. The van der Waals surface area contributed by atoms with Gasteiger partial charge < -0.3 is 4.74 Å². The van der Waals surface area contributed by atoms with Crippen molar-refractivity contribution in [3.05, 3.63) is 53.6 Å².